The van der Waals surface area contributed by atoms with Crippen LogP contribution in [0.5, 0.6) is 0 Å². The highest BCUT2D eigenvalue weighted by Crippen LogP contribution is 2.23. The van der Waals surface area contributed by atoms with Gasteiger partial charge in [0.1, 0.15) is 0 Å². The predicted octanol–water partition coefficient (Wildman–Crippen LogP) is 6.26. The molecule has 1 aliphatic carbocycles. The van der Waals surface area contributed by atoms with Crippen molar-refractivity contribution in [1.82, 2.24) is 25.3 Å². The van der Waals surface area contributed by atoms with Crippen molar-refractivity contribution in [3.05, 3.63) is 47.2 Å². The molecule has 3 heterocycles. The minimum absolute atomic E-state index is 0.0236. The van der Waals surface area contributed by atoms with Gasteiger partial charge in [0.15, 0.2) is 0 Å². The number of dihydropyridines is 1. The molecule has 41 heavy (non-hydrogen) atoms. The summed E-state index contributed by atoms with van der Waals surface area (Å²) in [4.78, 5) is 32.5. The Morgan fingerprint density at radius 1 is 0.951 bits per heavy atom. The average Bonchev–Trinajstić information content (AvgIpc) is 2.98. The van der Waals surface area contributed by atoms with Crippen LogP contribution in [0.3, 0.4) is 0 Å². The Bertz CT molecular complexity index is 904. The lowest BCUT2D eigenvalue weighted by Gasteiger charge is -2.38. The lowest BCUT2D eigenvalue weighted by Crippen LogP contribution is -2.52. The van der Waals surface area contributed by atoms with E-state index in [1.54, 1.807) is 0 Å². The molecule has 2 fully saturated rings. The van der Waals surface area contributed by atoms with E-state index in [0.29, 0.717) is 19.0 Å². The standard InChI is InChI=1S/C28H43N5O2.2C3H8/c1-3-32(21-23-6-4-22(2)5-7-23)28(35)30-26-12-18-33(19-13-26)27(34)25-10-16-31(17-11-25)20-24-8-14-29-15-9-24;2*1-3-2/h4,6,8-9,14,25-26,29H,3,5,7,10-13,15-21H2,1-2H3,(H,30,35);2*3H2,1-2H3. The quantitative estimate of drug-likeness (QED) is 0.380. The molecular weight excluding hydrogens is 510 g/mol. The van der Waals surface area contributed by atoms with Crippen molar-refractivity contribution in [3.8, 4) is 0 Å². The van der Waals surface area contributed by atoms with E-state index in [4.69, 9.17) is 0 Å². The van der Waals surface area contributed by atoms with Gasteiger partial charge in [0, 0.05) is 51.2 Å². The second kappa shape index (κ2) is 19.6. The van der Waals surface area contributed by atoms with Gasteiger partial charge in [-0.2, -0.15) is 0 Å². The van der Waals surface area contributed by atoms with E-state index in [-0.39, 0.29) is 18.0 Å². The zero-order valence-corrected chi connectivity index (χ0v) is 27.0. The molecule has 0 bridgehead atoms. The topological polar surface area (TPSA) is 67.9 Å². The van der Waals surface area contributed by atoms with Crippen molar-refractivity contribution in [2.24, 2.45) is 5.92 Å². The largest absolute Gasteiger partial charge is 0.387 e. The third-order valence-corrected chi connectivity index (χ3v) is 7.88. The maximum absolute atomic E-state index is 13.1. The predicted molar refractivity (Wildman–Crippen MR) is 173 cm³/mol. The first-order valence-electron chi connectivity index (χ1n) is 16.4. The van der Waals surface area contributed by atoms with Crippen molar-refractivity contribution < 1.29 is 9.59 Å². The fraction of sp³-hybridized carbons (Fsp3) is 0.706. The summed E-state index contributed by atoms with van der Waals surface area (Å²) in [5, 5.41) is 6.43. The molecule has 3 aliphatic heterocycles. The van der Waals surface area contributed by atoms with Gasteiger partial charge in [0.2, 0.25) is 5.91 Å². The molecule has 0 spiro atoms. The molecule has 0 aromatic carbocycles. The smallest absolute Gasteiger partial charge is 0.317 e. The fourth-order valence-corrected chi connectivity index (χ4v) is 5.46. The second-order valence-corrected chi connectivity index (χ2v) is 11.9. The first kappa shape index (κ1) is 34.7. The number of urea groups is 1. The van der Waals surface area contributed by atoms with Crippen molar-refractivity contribution >= 4 is 11.9 Å². The number of nitrogens with zero attached hydrogens (tertiary/aromatic N) is 3. The molecule has 0 radical (unpaired) electrons. The Balaban J connectivity index is 0.000000901. The van der Waals surface area contributed by atoms with Gasteiger partial charge in [-0.3, -0.25) is 9.69 Å². The molecule has 2 saturated heterocycles. The number of likely N-dealkylation sites (N-methyl/N-ethyl adjacent to an activating group) is 1. The van der Waals surface area contributed by atoms with Crippen LogP contribution in [-0.2, 0) is 4.79 Å². The number of amides is 3. The summed E-state index contributed by atoms with van der Waals surface area (Å²) in [6.45, 7) is 19.4. The highest BCUT2D eigenvalue weighted by molar-refractivity contribution is 5.79. The zero-order valence-electron chi connectivity index (χ0n) is 27.0. The van der Waals surface area contributed by atoms with Gasteiger partial charge in [-0.05, 0) is 83.3 Å². The zero-order chi connectivity index (χ0) is 30.0. The van der Waals surface area contributed by atoms with E-state index < -0.39 is 0 Å². The maximum atomic E-state index is 13.1. The molecule has 0 atom stereocenters. The van der Waals surface area contributed by atoms with Gasteiger partial charge in [0.05, 0.1) is 0 Å². The number of hydrogen-bond acceptors (Lipinski definition) is 4. The van der Waals surface area contributed by atoms with E-state index in [9.17, 15) is 9.59 Å². The molecule has 7 heteroatoms. The first-order valence-corrected chi connectivity index (χ1v) is 16.4. The number of nitrogens with one attached hydrogen (secondary N) is 2. The van der Waals surface area contributed by atoms with Crippen molar-refractivity contribution in [2.45, 2.75) is 99.0 Å². The van der Waals surface area contributed by atoms with Gasteiger partial charge in [-0.15, -0.1) is 0 Å². The van der Waals surface area contributed by atoms with E-state index in [2.05, 4.69) is 74.5 Å². The minimum atomic E-state index is 0.0236. The van der Waals surface area contributed by atoms with Gasteiger partial charge < -0.3 is 20.4 Å². The number of likely N-dealkylation sites (tertiary alicyclic amines) is 2. The van der Waals surface area contributed by atoms with Crippen LogP contribution in [0, 0.1) is 5.92 Å². The van der Waals surface area contributed by atoms with E-state index in [0.717, 1.165) is 77.8 Å². The highest BCUT2D eigenvalue weighted by Gasteiger charge is 2.31. The highest BCUT2D eigenvalue weighted by atomic mass is 16.2. The molecule has 4 rings (SSSR count). The number of carbonyl (C=O) groups is 2. The molecule has 7 nitrogen and oxygen atoms in total. The van der Waals surface area contributed by atoms with E-state index in [1.807, 2.05) is 22.9 Å². The SMILES string of the molecule is CCC.CCC.CCN(CC1=CC=C(C)CC1)C(=O)NC1CCN(C(=O)C2CCN(CC3=CCNC=C3)CC2)CC1. The fourth-order valence-electron chi connectivity index (χ4n) is 5.46. The summed E-state index contributed by atoms with van der Waals surface area (Å²) in [5.74, 6) is 0.463. The number of carbonyl (C=O) groups excluding carboxylic acids is 2. The third kappa shape index (κ3) is 12.5. The number of hydrogen-bond donors (Lipinski definition) is 2. The van der Waals surface area contributed by atoms with Gasteiger partial charge >= 0.3 is 6.03 Å². The van der Waals surface area contributed by atoms with Crippen LogP contribution in [0.1, 0.15) is 92.9 Å². The van der Waals surface area contributed by atoms with Crippen LogP contribution < -0.4 is 10.6 Å². The van der Waals surface area contributed by atoms with Crippen LogP contribution >= 0.6 is 0 Å². The lowest BCUT2D eigenvalue weighted by atomic mass is 9.93. The van der Waals surface area contributed by atoms with Crippen LogP contribution in [0.25, 0.3) is 0 Å². The summed E-state index contributed by atoms with van der Waals surface area (Å²) in [6.07, 6.45) is 18.9. The Labute approximate surface area is 251 Å². The Kier molecular flexibility index (Phi) is 16.5. The lowest BCUT2D eigenvalue weighted by molar-refractivity contribution is -0.138. The summed E-state index contributed by atoms with van der Waals surface area (Å²) >= 11 is 0. The van der Waals surface area contributed by atoms with Crippen molar-refractivity contribution in [1.29, 1.82) is 0 Å². The van der Waals surface area contributed by atoms with Crippen LogP contribution in [0.2, 0.25) is 0 Å². The number of rotatable bonds is 7. The molecule has 2 N–H and O–H groups in total. The normalized spacial score (nSPS) is 19.8. The van der Waals surface area contributed by atoms with E-state index >= 15 is 0 Å². The molecule has 4 aliphatic rings. The van der Waals surface area contributed by atoms with Gasteiger partial charge in [-0.25, -0.2) is 4.79 Å². The molecule has 3 amide bonds. The first-order chi connectivity index (χ1) is 19.8. The van der Waals surface area contributed by atoms with Crippen molar-refractivity contribution in [2.75, 3.05) is 52.4 Å². The molecule has 0 unspecified atom stereocenters. The van der Waals surface area contributed by atoms with Gasteiger partial charge in [0.25, 0.3) is 0 Å². The summed E-state index contributed by atoms with van der Waals surface area (Å²) in [7, 11) is 0. The molecule has 0 aromatic rings. The summed E-state index contributed by atoms with van der Waals surface area (Å²) < 4.78 is 0. The van der Waals surface area contributed by atoms with Crippen LogP contribution in [0.4, 0.5) is 4.79 Å². The molecular formula is C34H59N5O2. The second-order valence-electron chi connectivity index (χ2n) is 11.9. The third-order valence-electron chi connectivity index (χ3n) is 7.88. The number of allylic oxidation sites excluding steroid dienone is 3. The minimum Gasteiger partial charge on any atom is -0.387 e. The van der Waals surface area contributed by atoms with Crippen LogP contribution in [0.15, 0.2) is 47.2 Å². The maximum Gasteiger partial charge on any atom is 0.317 e. The molecule has 232 valence electrons. The van der Waals surface area contributed by atoms with E-state index in [1.165, 1.54) is 29.6 Å². The Hall–Kier alpha value is -2.54. The van der Waals surface area contributed by atoms with Crippen molar-refractivity contribution in [3.63, 3.8) is 0 Å². The average molecular weight is 570 g/mol. The number of piperidine rings is 2. The van der Waals surface area contributed by atoms with Crippen LogP contribution in [-0.4, -0.2) is 85.0 Å². The monoisotopic (exact) mass is 569 g/mol. The molecule has 0 saturated carbocycles. The Morgan fingerprint density at radius 3 is 2.15 bits per heavy atom. The Morgan fingerprint density at radius 2 is 1.61 bits per heavy atom. The summed E-state index contributed by atoms with van der Waals surface area (Å²) in [6, 6.07) is 0.173. The summed E-state index contributed by atoms with van der Waals surface area (Å²) in [5.41, 5.74) is 4.09. The van der Waals surface area contributed by atoms with Gasteiger partial charge in [-0.1, -0.05) is 69.9 Å². The molecule has 0 aromatic heterocycles.